The van der Waals surface area contributed by atoms with Crippen molar-refractivity contribution in [2.75, 3.05) is 18.4 Å². The van der Waals surface area contributed by atoms with Gasteiger partial charge in [0.25, 0.3) is 5.91 Å². The van der Waals surface area contributed by atoms with Gasteiger partial charge in [0.1, 0.15) is 22.5 Å². The van der Waals surface area contributed by atoms with Crippen molar-refractivity contribution >= 4 is 28.8 Å². The van der Waals surface area contributed by atoms with E-state index in [9.17, 15) is 22.8 Å². The lowest BCUT2D eigenvalue weighted by molar-refractivity contribution is -0.131. The minimum absolute atomic E-state index is 0.0508. The van der Waals surface area contributed by atoms with E-state index < -0.39 is 17.5 Å². The van der Waals surface area contributed by atoms with Crippen LogP contribution in [0.15, 0.2) is 42.5 Å². The number of halogens is 3. The first-order chi connectivity index (χ1) is 15.4. The van der Waals surface area contributed by atoms with Gasteiger partial charge in [0.05, 0.1) is 12.1 Å². The Hall–Kier alpha value is -3.27. The van der Waals surface area contributed by atoms with Crippen LogP contribution in [0, 0.1) is 17.5 Å². The summed E-state index contributed by atoms with van der Waals surface area (Å²) in [5.41, 5.74) is 0.493. The Balaban J connectivity index is 1.32. The molecule has 0 atom stereocenters. The molecule has 1 saturated heterocycles. The van der Waals surface area contributed by atoms with Crippen LogP contribution >= 0.6 is 11.3 Å². The van der Waals surface area contributed by atoms with Crippen LogP contribution in [-0.2, 0) is 11.2 Å². The van der Waals surface area contributed by atoms with Crippen LogP contribution in [0.5, 0.6) is 0 Å². The van der Waals surface area contributed by atoms with Crippen molar-refractivity contribution in [3.05, 3.63) is 75.5 Å². The third-order valence-corrected chi connectivity index (χ3v) is 6.34. The topological polar surface area (TPSA) is 75.2 Å². The fourth-order valence-corrected chi connectivity index (χ4v) is 4.47. The average molecular weight is 460 g/mol. The fourth-order valence-electron chi connectivity index (χ4n) is 3.57. The summed E-state index contributed by atoms with van der Waals surface area (Å²) in [4.78, 5) is 26.6. The van der Waals surface area contributed by atoms with Gasteiger partial charge in [0.2, 0.25) is 10.9 Å². The van der Waals surface area contributed by atoms with Crippen molar-refractivity contribution < 1.29 is 22.8 Å². The van der Waals surface area contributed by atoms with Crippen LogP contribution in [0.3, 0.4) is 0 Å². The van der Waals surface area contributed by atoms with Crippen LogP contribution in [0.25, 0.3) is 0 Å². The lowest BCUT2D eigenvalue weighted by Crippen LogP contribution is -2.38. The maximum atomic E-state index is 13.7. The standard InChI is InChI=1S/C22H19F3N4O2S/c23-15-3-1-2-13(10-15)11-19(30)29-8-6-14(7-9-29)21-27-28-22(32-21)20(31)26-18-5-4-16(24)12-17(18)25/h1-5,10,12,14H,6-9,11H2,(H,26,31). The van der Waals surface area contributed by atoms with Gasteiger partial charge in [-0.05, 0) is 42.7 Å². The van der Waals surface area contributed by atoms with Crippen molar-refractivity contribution in [1.29, 1.82) is 0 Å². The lowest BCUT2D eigenvalue weighted by atomic mass is 9.97. The Bertz CT molecular complexity index is 1150. The molecule has 4 rings (SSSR count). The number of likely N-dealkylation sites (tertiary alicyclic amines) is 1. The molecule has 0 unspecified atom stereocenters. The molecule has 32 heavy (non-hydrogen) atoms. The Morgan fingerprint density at radius 1 is 1.03 bits per heavy atom. The molecule has 2 heterocycles. The number of benzene rings is 2. The van der Waals surface area contributed by atoms with Gasteiger partial charge in [0.15, 0.2) is 0 Å². The Morgan fingerprint density at radius 3 is 2.50 bits per heavy atom. The third kappa shape index (κ3) is 5.13. The first-order valence-electron chi connectivity index (χ1n) is 10.0. The molecule has 1 fully saturated rings. The molecule has 6 nitrogen and oxygen atoms in total. The summed E-state index contributed by atoms with van der Waals surface area (Å²) in [7, 11) is 0. The van der Waals surface area contributed by atoms with E-state index >= 15 is 0 Å². The molecule has 1 aliphatic heterocycles. The van der Waals surface area contributed by atoms with Crippen LogP contribution in [0.1, 0.15) is 39.1 Å². The molecule has 0 saturated carbocycles. The Labute approximate surface area is 186 Å². The maximum absolute atomic E-state index is 13.7. The first-order valence-corrected chi connectivity index (χ1v) is 10.8. The molecule has 166 valence electrons. The van der Waals surface area contributed by atoms with Gasteiger partial charge in [-0.15, -0.1) is 10.2 Å². The second-order valence-electron chi connectivity index (χ2n) is 7.49. The van der Waals surface area contributed by atoms with Crippen molar-refractivity contribution in [1.82, 2.24) is 15.1 Å². The van der Waals surface area contributed by atoms with Gasteiger partial charge in [-0.3, -0.25) is 9.59 Å². The van der Waals surface area contributed by atoms with Crippen molar-refractivity contribution in [2.45, 2.75) is 25.2 Å². The van der Waals surface area contributed by atoms with Crippen LogP contribution in [0.4, 0.5) is 18.9 Å². The van der Waals surface area contributed by atoms with Crippen LogP contribution in [-0.4, -0.2) is 40.0 Å². The van der Waals surface area contributed by atoms with Crippen LogP contribution in [0.2, 0.25) is 0 Å². The van der Waals surface area contributed by atoms with E-state index in [1.54, 1.807) is 17.0 Å². The number of aromatic nitrogens is 2. The van der Waals surface area contributed by atoms with Gasteiger partial charge in [-0.1, -0.05) is 23.5 Å². The number of carbonyl (C=O) groups excluding carboxylic acids is 2. The monoisotopic (exact) mass is 460 g/mol. The molecule has 1 N–H and O–H groups in total. The van der Waals surface area contributed by atoms with Crippen LogP contribution < -0.4 is 5.32 Å². The molecule has 0 spiro atoms. The van der Waals surface area contributed by atoms with Gasteiger partial charge < -0.3 is 10.2 Å². The second-order valence-corrected chi connectivity index (χ2v) is 8.49. The molecule has 0 aliphatic carbocycles. The molecule has 2 amide bonds. The van der Waals surface area contributed by atoms with Gasteiger partial charge >= 0.3 is 0 Å². The SMILES string of the molecule is O=C(Nc1ccc(F)cc1F)c1nnc(C2CCN(C(=O)Cc3cccc(F)c3)CC2)s1. The Morgan fingerprint density at radius 2 is 1.78 bits per heavy atom. The molecule has 1 aliphatic rings. The zero-order valence-corrected chi connectivity index (χ0v) is 17.7. The number of rotatable bonds is 5. The highest BCUT2D eigenvalue weighted by atomic mass is 32.1. The summed E-state index contributed by atoms with van der Waals surface area (Å²) in [5.74, 6) is -2.62. The van der Waals surface area contributed by atoms with Crippen molar-refractivity contribution in [3.63, 3.8) is 0 Å². The van der Waals surface area contributed by atoms with Gasteiger partial charge in [0, 0.05) is 25.1 Å². The van der Waals surface area contributed by atoms with E-state index in [4.69, 9.17) is 0 Å². The molecular formula is C22H19F3N4O2S. The normalized spacial score (nSPS) is 14.4. The molecule has 10 heteroatoms. The third-order valence-electron chi connectivity index (χ3n) is 5.26. The summed E-state index contributed by atoms with van der Waals surface area (Å²) in [5, 5.41) is 11.1. The highest BCUT2D eigenvalue weighted by Gasteiger charge is 2.27. The molecule has 1 aromatic heterocycles. The van der Waals surface area contributed by atoms with E-state index in [0.717, 1.165) is 23.5 Å². The predicted molar refractivity (Wildman–Crippen MR) is 113 cm³/mol. The number of carbonyl (C=O) groups is 2. The predicted octanol–water partition coefficient (Wildman–Crippen LogP) is 4.16. The van der Waals surface area contributed by atoms with Gasteiger partial charge in [-0.2, -0.15) is 0 Å². The van der Waals surface area contributed by atoms with E-state index in [2.05, 4.69) is 15.5 Å². The number of piperidine rings is 1. The molecular weight excluding hydrogens is 441 g/mol. The summed E-state index contributed by atoms with van der Waals surface area (Å²) < 4.78 is 40.1. The smallest absolute Gasteiger partial charge is 0.286 e. The number of hydrogen-bond acceptors (Lipinski definition) is 5. The van der Waals surface area contributed by atoms with Crippen molar-refractivity contribution in [2.24, 2.45) is 0 Å². The quantitative estimate of drug-likeness (QED) is 0.621. The lowest BCUT2D eigenvalue weighted by Gasteiger charge is -2.31. The minimum atomic E-state index is -0.877. The number of hydrogen-bond donors (Lipinski definition) is 1. The number of anilines is 1. The van der Waals surface area contributed by atoms with E-state index in [1.165, 1.54) is 12.1 Å². The van der Waals surface area contributed by atoms with E-state index in [1.807, 2.05) is 0 Å². The largest absolute Gasteiger partial charge is 0.342 e. The molecule has 2 aromatic carbocycles. The number of nitrogens with zero attached hydrogens (tertiary/aromatic N) is 3. The molecule has 0 radical (unpaired) electrons. The van der Waals surface area contributed by atoms with Crippen molar-refractivity contribution in [3.8, 4) is 0 Å². The molecule has 3 aromatic rings. The first kappa shape index (κ1) is 21.9. The Kier molecular flexibility index (Phi) is 6.50. The van der Waals surface area contributed by atoms with Gasteiger partial charge in [-0.25, -0.2) is 13.2 Å². The second kappa shape index (κ2) is 9.47. The minimum Gasteiger partial charge on any atom is -0.342 e. The maximum Gasteiger partial charge on any atom is 0.286 e. The fraction of sp³-hybridized carbons (Fsp3) is 0.273. The highest BCUT2D eigenvalue weighted by molar-refractivity contribution is 7.13. The number of amides is 2. The average Bonchev–Trinajstić information content (AvgIpc) is 3.26. The zero-order chi connectivity index (χ0) is 22.7. The summed E-state index contributed by atoms with van der Waals surface area (Å²) in [6, 6.07) is 8.87. The summed E-state index contributed by atoms with van der Waals surface area (Å²) >= 11 is 1.11. The van der Waals surface area contributed by atoms with E-state index in [-0.39, 0.29) is 34.8 Å². The zero-order valence-electron chi connectivity index (χ0n) is 16.9. The molecule has 0 bridgehead atoms. The summed E-state index contributed by atoms with van der Waals surface area (Å²) in [6.07, 6.45) is 1.47. The van der Waals surface area contributed by atoms with E-state index in [0.29, 0.717) is 42.6 Å². The highest BCUT2D eigenvalue weighted by Crippen LogP contribution is 2.30. The summed E-state index contributed by atoms with van der Waals surface area (Å²) in [6.45, 7) is 1.06. The number of nitrogens with one attached hydrogen (secondary N) is 1.